The molecule has 0 fully saturated rings. The molecule has 2 heterocycles. The summed E-state index contributed by atoms with van der Waals surface area (Å²) in [6, 6.07) is 11.0. The number of carbonyl (C=O) groups is 1. The summed E-state index contributed by atoms with van der Waals surface area (Å²) in [5, 5.41) is 2.50. The topological polar surface area (TPSA) is 52.3 Å². The first-order valence-electron chi connectivity index (χ1n) is 6.59. The zero-order valence-corrected chi connectivity index (χ0v) is 13.1. The number of oxazole rings is 1. The molecule has 0 aliphatic carbocycles. The van der Waals surface area contributed by atoms with E-state index < -0.39 is 0 Å². The third-order valence-electron chi connectivity index (χ3n) is 2.96. The van der Waals surface area contributed by atoms with Crippen molar-refractivity contribution >= 4 is 28.9 Å². The molecular weight excluding hydrogens is 322 g/mol. The van der Waals surface area contributed by atoms with Gasteiger partial charge in [0.15, 0.2) is 0 Å². The summed E-state index contributed by atoms with van der Waals surface area (Å²) < 4.78 is 10.6. The molecule has 3 aromatic rings. The smallest absolute Gasteiger partial charge is 0.310 e. The number of halogens is 1. The molecule has 1 aromatic carbocycles. The molecular formula is C16H12ClNO3S. The third-order valence-corrected chi connectivity index (χ3v) is 4.18. The highest BCUT2D eigenvalue weighted by Crippen LogP contribution is 2.24. The van der Waals surface area contributed by atoms with Crippen molar-refractivity contribution in [2.24, 2.45) is 0 Å². The van der Waals surface area contributed by atoms with Crippen LogP contribution in [0, 0.1) is 0 Å². The standard InChI is InChI=1S/C16H12ClNO3S/c17-13-5-2-1-4-11(13)8-15(19)20-9-12-10-21-16(18-12)14-6-3-7-22-14/h1-7,10H,8-9H2. The first-order valence-corrected chi connectivity index (χ1v) is 7.85. The van der Waals surface area contributed by atoms with E-state index in [9.17, 15) is 4.79 Å². The van der Waals surface area contributed by atoms with E-state index in [0.29, 0.717) is 16.6 Å². The number of ether oxygens (including phenoxy) is 1. The lowest BCUT2D eigenvalue weighted by atomic mass is 10.1. The predicted molar refractivity (Wildman–Crippen MR) is 84.8 cm³/mol. The van der Waals surface area contributed by atoms with Gasteiger partial charge in [0.2, 0.25) is 5.89 Å². The zero-order chi connectivity index (χ0) is 15.4. The van der Waals surface area contributed by atoms with Crippen LogP contribution >= 0.6 is 22.9 Å². The van der Waals surface area contributed by atoms with Gasteiger partial charge in [-0.25, -0.2) is 4.98 Å². The highest BCUT2D eigenvalue weighted by Gasteiger charge is 2.11. The van der Waals surface area contributed by atoms with Crippen LogP contribution in [0.25, 0.3) is 10.8 Å². The van der Waals surface area contributed by atoms with Crippen molar-refractivity contribution in [2.75, 3.05) is 0 Å². The van der Waals surface area contributed by atoms with Crippen molar-refractivity contribution in [1.29, 1.82) is 0 Å². The Morgan fingerprint density at radius 2 is 2.14 bits per heavy atom. The third kappa shape index (κ3) is 3.55. The summed E-state index contributed by atoms with van der Waals surface area (Å²) in [6.07, 6.45) is 1.63. The summed E-state index contributed by atoms with van der Waals surface area (Å²) in [7, 11) is 0. The fourth-order valence-electron chi connectivity index (χ4n) is 1.89. The summed E-state index contributed by atoms with van der Waals surface area (Å²) in [6.45, 7) is 0.0815. The first kappa shape index (κ1) is 14.8. The van der Waals surface area contributed by atoms with E-state index in [2.05, 4.69) is 4.98 Å². The van der Waals surface area contributed by atoms with Gasteiger partial charge < -0.3 is 9.15 Å². The highest BCUT2D eigenvalue weighted by molar-refractivity contribution is 7.13. The van der Waals surface area contributed by atoms with Crippen LogP contribution in [0.4, 0.5) is 0 Å². The molecule has 0 aliphatic rings. The van der Waals surface area contributed by atoms with E-state index in [1.165, 1.54) is 17.6 Å². The number of rotatable bonds is 5. The average Bonchev–Trinajstić information content (AvgIpc) is 3.18. The van der Waals surface area contributed by atoms with Gasteiger partial charge in [0.05, 0.1) is 11.3 Å². The second-order valence-corrected chi connectivity index (χ2v) is 5.91. The first-order chi connectivity index (χ1) is 10.7. The Morgan fingerprint density at radius 1 is 1.27 bits per heavy atom. The van der Waals surface area contributed by atoms with Crippen LogP contribution in [0.3, 0.4) is 0 Å². The Labute approximate surface area is 136 Å². The average molecular weight is 334 g/mol. The molecule has 2 aromatic heterocycles. The Morgan fingerprint density at radius 3 is 2.91 bits per heavy atom. The van der Waals surface area contributed by atoms with Crippen LogP contribution in [0.15, 0.2) is 52.5 Å². The van der Waals surface area contributed by atoms with Crippen LogP contribution in [0.5, 0.6) is 0 Å². The lowest BCUT2D eigenvalue weighted by molar-refractivity contribution is -0.144. The molecule has 3 rings (SSSR count). The monoisotopic (exact) mass is 333 g/mol. The lowest BCUT2D eigenvalue weighted by Crippen LogP contribution is -2.08. The Balaban J connectivity index is 1.56. The van der Waals surface area contributed by atoms with Gasteiger partial charge in [-0.05, 0) is 23.1 Å². The maximum absolute atomic E-state index is 11.8. The SMILES string of the molecule is O=C(Cc1ccccc1Cl)OCc1coc(-c2cccs2)n1. The number of carbonyl (C=O) groups excluding carboxylic acids is 1. The molecule has 0 spiro atoms. The van der Waals surface area contributed by atoms with Gasteiger partial charge in [0, 0.05) is 5.02 Å². The molecule has 0 N–H and O–H groups in total. The second kappa shape index (κ2) is 6.77. The molecule has 0 saturated heterocycles. The zero-order valence-electron chi connectivity index (χ0n) is 11.5. The fourth-order valence-corrected chi connectivity index (χ4v) is 2.75. The maximum Gasteiger partial charge on any atom is 0.310 e. The largest absolute Gasteiger partial charge is 0.459 e. The van der Waals surface area contributed by atoms with E-state index in [-0.39, 0.29) is 19.0 Å². The minimum Gasteiger partial charge on any atom is -0.459 e. The molecule has 0 bridgehead atoms. The molecule has 22 heavy (non-hydrogen) atoms. The molecule has 0 radical (unpaired) electrons. The Hall–Kier alpha value is -2.11. The van der Waals surface area contributed by atoms with Crippen molar-refractivity contribution in [3.8, 4) is 10.8 Å². The normalized spacial score (nSPS) is 10.6. The van der Waals surface area contributed by atoms with Crippen molar-refractivity contribution in [3.05, 3.63) is 64.3 Å². The van der Waals surface area contributed by atoms with Crippen molar-refractivity contribution in [1.82, 2.24) is 4.98 Å². The molecule has 112 valence electrons. The molecule has 0 amide bonds. The summed E-state index contributed by atoms with van der Waals surface area (Å²) in [4.78, 5) is 17.1. The van der Waals surface area contributed by atoms with E-state index in [0.717, 1.165) is 10.4 Å². The lowest BCUT2D eigenvalue weighted by Gasteiger charge is -2.04. The van der Waals surface area contributed by atoms with Gasteiger partial charge in [-0.2, -0.15) is 0 Å². The summed E-state index contributed by atoms with van der Waals surface area (Å²) in [5.74, 6) is 0.181. The number of thiophene rings is 1. The van der Waals surface area contributed by atoms with Gasteiger partial charge in [0.25, 0.3) is 0 Å². The number of aromatic nitrogens is 1. The van der Waals surface area contributed by atoms with Gasteiger partial charge in [-0.15, -0.1) is 11.3 Å². The number of benzene rings is 1. The predicted octanol–water partition coefficient (Wildman–Crippen LogP) is 4.34. The van der Waals surface area contributed by atoms with Crippen LogP contribution in [0.2, 0.25) is 5.02 Å². The van der Waals surface area contributed by atoms with E-state index >= 15 is 0 Å². The minimum atomic E-state index is -0.353. The van der Waals surface area contributed by atoms with Crippen molar-refractivity contribution in [3.63, 3.8) is 0 Å². The van der Waals surface area contributed by atoms with E-state index in [1.54, 1.807) is 12.1 Å². The van der Waals surface area contributed by atoms with Gasteiger partial charge in [-0.1, -0.05) is 35.9 Å². The Bertz CT molecular complexity index is 767. The van der Waals surface area contributed by atoms with Crippen molar-refractivity contribution in [2.45, 2.75) is 13.0 Å². The Kier molecular flexibility index (Phi) is 4.56. The van der Waals surface area contributed by atoms with Crippen molar-refractivity contribution < 1.29 is 13.9 Å². The summed E-state index contributed by atoms with van der Waals surface area (Å²) in [5.41, 5.74) is 1.32. The highest BCUT2D eigenvalue weighted by atomic mass is 35.5. The van der Waals surface area contributed by atoms with Gasteiger partial charge in [0.1, 0.15) is 18.6 Å². The summed E-state index contributed by atoms with van der Waals surface area (Å²) >= 11 is 7.55. The van der Waals surface area contributed by atoms with Gasteiger partial charge in [-0.3, -0.25) is 4.79 Å². The minimum absolute atomic E-state index is 0.0815. The molecule has 4 nitrogen and oxygen atoms in total. The van der Waals surface area contributed by atoms with Crippen LogP contribution in [-0.4, -0.2) is 11.0 Å². The fraction of sp³-hybridized carbons (Fsp3) is 0.125. The number of nitrogens with zero attached hydrogens (tertiary/aromatic N) is 1. The van der Waals surface area contributed by atoms with Crippen LogP contribution in [0.1, 0.15) is 11.3 Å². The van der Waals surface area contributed by atoms with E-state index in [1.807, 2.05) is 29.6 Å². The maximum atomic E-state index is 11.8. The van der Waals surface area contributed by atoms with Gasteiger partial charge >= 0.3 is 5.97 Å². The molecule has 0 saturated carbocycles. The van der Waals surface area contributed by atoms with Crippen LogP contribution < -0.4 is 0 Å². The molecule has 0 unspecified atom stereocenters. The number of hydrogen-bond acceptors (Lipinski definition) is 5. The molecule has 0 aliphatic heterocycles. The van der Waals surface area contributed by atoms with E-state index in [4.69, 9.17) is 20.8 Å². The second-order valence-electron chi connectivity index (χ2n) is 4.55. The number of hydrogen-bond donors (Lipinski definition) is 0. The molecule has 0 atom stereocenters. The number of esters is 1. The quantitative estimate of drug-likeness (QED) is 0.652. The van der Waals surface area contributed by atoms with Crippen LogP contribution in [-0.2, 0) is 22.6 Å². The molecule has 6 heteroatoms.